The van der Waals surface area contributed by atoms with Gasteiger partial charge in [0.25, 0.3) is 0 Å². The lowest BCUT2D eigenvalue weighted by molar-refractivity contribution is 0.1000. The molecule has 9 heteroatoms. The van der Waals surface area contributed by atoms with Gasteiger partial charge in [-0.25, -0.2) is 4.98 Å². The predicted molar refractivity (Wildman–Crippen MR) is 122 cm³/mol. The number of amides is 1. The topological polar surface area (TPSA) is 106 Å². The number of nitrogens with zero attached hydrogens (tertiary/aromatic N) is 3. The third kappa shape index (κ3) is 4.10. The van der Waals surface area contributed by atoms with Crippen molar-refractivity contribution in [2.45, 2.75) is 0 Å². The second kappa shape index (κ2) is 8.49. The lowest BCUT2D eigenvalue weighted by Crippen LogP contribution is -2.36. The van der Waals surface area contributed by atoms with Gasteiger partial charge in [0.15, 0.2) is 5.65 Å². The molecular weight excluding hydrogens is 430 g/mol. The number of aromatic nitrogens is 3. The van der Waals surface area contributed by atoms with Crippen LogP contribution >= 0.6 is 11.6 Å². The number of nitrogens with one attached hydrogen (secondary N) is 1. The Morgan fingerprint density at radius 1 is 1.06 bits per heavy atom. The number of hydrogen-bond donors (Lipinski definition) is 2. The predicted octanol–water partition coefficient (Wildman–Crippen LogP) is 4.01. The van der Waals surface area contributed by atoms with Crippen molar-refractivity contribution in [1.29, 1.82) is 0 Å². The molecule has 0 saturated carbocycles. The van der Waals surface area contributed by atoms with Crippen LogP contribution in [0.2, 0.25) is 5.02 Å². The van der Waals surface area contributed by atoms with Gasteiger partial charge in [0.05, 0.1) is 29.4 Å². The zero-order chi connectivity index (χ0) is 22.1. The van der Waals surface area contributed by atoms with Crippen LogP contribution in [-0.4, -0.2) is 47.2 Å². The van der Waals surface area contributed by atoms with Gasteiger partial charge in [0.1, 0.15) is 5.75 Å². The highest BCUT2D eigenvalue weighted by Crippen LogP contribution is 2.31. The lowest BCUT2D eigenvalue weighted by Gasteiger charge is -2.28. The number of imidazole rings is 1. The van der Waals surface area contributed by atoms with Crippen molar-refractivity contribution in [3.05, 3.63) is 65.2 Å². The summed E-state index contributed by atoms with van der Waals surface area (Å²) in [6.07, 6.45) is 0. The van der Waals surface area contributed by atoms with Crippen molar-refractivity contribution < 1.29 is 14.3 Å². The van der Waals surface area contributed by atoms with Crippen molar-refractivity contribution in [3.63, 3.8) is 0 Å². The Kier molecular flexibility index (Phi) is 5.38. The highest BCUT2D eigenvalue weighted by atomic mass is 35.5. The molecule has 1 saturated heterocycles. The molecule has 1 aliphatic rings. The van der Waals surface area contributed by atoms with Crippen molar-refractivity contribution in [1.82, 2.24) is 15.0 Å². The monoisotopic (exact) mass is 449 g/mol. The molecule has 0 unspecified atom stereocenters. The van der Waals surface area contributed by atoms with Crippen LogP contribution in [0, 0.1) is 0 Å². The zero-order valence-electron chi connectivity index (χ0n) is 17.0. The quantitative estimate of drug-likeness (QED) is 0.477. The number of nitrogens with two attached hydrogens (primary N) is 1. The molecule has 1 amide bonds. The van der Waals surface area contributed by atoms with E-state index in [1.165, 1.54) is 0 Å². The molecule has 4 aromatic rings. The Bertz CT molecular complexity index is 1270. The third-order valence-corrected chi connectivity index (χ3v) is 5.56. The number of rotatable bonds is 5. The van der Waals surface area contributed by atoms with Crippen LogP contribution in [0.4, 0.5) is 5.69 Å². The van der Waals surface area contributed by atoms with E-state index in [2.05, 4.69) is 32.0 Å². The van der Waals surface area contributed by atoms with Gasteiger partial charge in [0.2, 0.25) is 5.91 Å². The molecule has 2 aromatic carbocycles. The Balaban J connectivity index is 1.39. The van der Waals surface area contributed by atoms with Crippen molar-refractivity contribution in [3.8, 4) is 23.0 Å². The average Bonchev–Trinajstić information content (AvgIpc) is 3.20. The van der Waals surface area contributed by atoms with Gasteiger partial charge < -0.3 is 25.1 Å². The summed E-state index contributed by atoms with van der Waals surface area (Å²) in [7, 11) is 0. The van der Waals surface area contributed by atoms with E-state index in [0.29, 0.717) is 33.2 Å². The summed E-state index contributed by atoms with van der Waals surface area (Å²) >= 11 is 6.52. The first-order chi connectivity index (χ1) is 15.6. The summed E-state index contributed by atoms with van der Waals surface area (Å²) in [4.78, 5) is 25.6. The molecule has 0 bridgehead atoms. The lowest BCUT2D eigenvalue weighted by atomic mass is 10.1. The Morgan fingerprint density at radius 3 is 2.47 bits per heavy atom. The van der Waals surface area contributed by atoms with Gasteiger partial charge in [-0.3, -0.25) is 4.79 Å². The van der Waals surface area contributed by atoms with E-state index in [1.54, 1.807) is 30.3 Å². The SMILES string of the molecule is NC(=O)c1ccc(Oc2nc3nc(-c4ccc(N5CCOCC5)cc4)c(Cl)cc3[nH]2)cc1. The van der Waals surface area contributed by atoms with Gasteiger partial charge >= 0.3 is 6.01 Å². The van der Waals surface area contributed by atoms with Gasteiger partial charge in [-0.1, -0.05) is 23.7 Å². The largest absolute Gasteiger partial charge is 0.426 e. The maximum atomic E-state index is 11.2. The van der Waals surface area contributed by atoms with E-state index < -0.39 is 5.91 Å². The number of aromatic amines is 1. The molecule has 3 heterocycles. The second-order valence-electron chi connectivity index (χ2n) is 7.37. The first kappa shape index (κ1) is 20.3. The van der Waals surface area contributed by atoms with Crippen LogP contribution in [-0.2, 0) is 4.74 Å². The number of fused-ring (bicyclic) bond motifs is 1. The minimum atomic E-state index is -0.496. The number of carbonyl (C=O) groups excluding carboxylic acids is 1. The number of morpholine rings is 1. The number of hydrogen-bond acceptors (Lipinski definition) is 6. The number of halogens is 1. The van der Waals surface area contributed by atoms with Gasteiger partial charge in [-0.05, 0) is 42.5 Å². The molecule has 5 rings (SSSR count). The Morgan fingerprint density at radius 2 is 1.78 bits per heavy atom. The Labute approximate surface area is 188 Å². The van der Waals surface area contributed by atoms with Crippen LogP contribution in [0.15, 0.2) is 54.6 Å². The minimum absolute atomic E-state index is 0.273. The normalized spacial score (nSPS) is 14.0. The summed E-state index contributed by atoms with van der Waals surface area (Å²) in [5, 5.41) is 0.512. The van der Waals surface area contributed by atoms with Crippen LogP contribution in [0.25, 0.3) is 22.4 Å². The summed E-state index contributed by atoms with van der Waals surface area (Å²) in [5.41, 5.74) is 9.52. The maximum absolute atomic E-state index is 11.2. The number of H-pyrrole nitrogens is 1. The van der Waals surface area contributed by atoms with E-state index in [0.717, 1.165) is 37.6 Å². The number of carbonyl (C=O) groups is 1. The molecular formula is C23H20ClN5O3. The molecule has 0 radical (unpaired) electrons. The molecule has 0 spiro atoms. The van der Waals surface area contributed by atoms with Gasteiger partial charge in [-0.2, -0.15) is 4.98 Å². The zero-order valence-corrected chi connectivity index (χ0v) is 17.8. The van der Waals surface area contributed by atoms with E-state index >= 15 is 0 Å². The molecule has 1 aliphatic heterocycles. The molecule has 8 nitrogen and oxygen atoms in total. The fourth-order valence-corrected chi connectivity index (χ4v) is 3.86. The molecule has 32 heavy (non-hydrogen) atoms. The smallest absolute Gasteiger partial charge is 0.301 e. The number of ether oxygens (including phenoxy) is 2. The molecule has 0 aliphatic carbocycles. The van der Waals surface area contributed by atoms with Crippen LogP contribution < -0.4 is 15.4 Å². The molecule has 162 valence electrons. The number of anilines is 1. The average molecular weight is 450 g/mol. The second-order valence-corrected chi connectivity index (χ2v) is 7.78. The summed E-state index contributed by atoms with van der Waals surface area (Å²) < 4.78 is 11.2. The fourth-order valence-electron chi connectivity index (χ4n) is 3.60. The molecule has 1 fully saturated rings. The van der Waals surface area contributed by atoms with Crippen LogP contribution in [0.5, 0.6) is 11.8 Å². The molecule has 2 aromatic heterocycles. The molecule has 3 N–H and O–H groups in total. The number of primary amides is 1. The van der Waals surface area contributed by atoms with E-state index in [-0.39, 0.29) is 6.01 Å². The highest BCUT2D eigenvalue weighted by Gasteiger charge is 2.15. The van der Waals surface area contributed by atoms with Gasteiger partial charge in [-0.15, -0.1) is 0 Å². The highest BCUT2D eigenvalue weighted by molar-refractivity contribution is 6.33. The Hall–Kier alpha value is -3.62. The standard InChI is InChI=1S/C23H20ClN5O3/c24-18-13-19-22(28-23(26-19)32-17-7-3-15(4-8-17)21(25)30)27-20(18)14-1-5-16(6-2-14)29-9-11-31-12-10-29/h1-8,13H,9-12H2,(H2,25,30)(H,26,27,28). The first-order valence-electron chi connectivity index (χ1n) is 10.1. The number of benzene rings is 2. The van der Waals surface area contributed by atoms with Crippen LogP contribution in [0.1, 0.15) is 10.4 Å². The van der Waals surface area contributed by atoms with E-state index in [9.17, 15) is 4.79 Å². The first-order valence-corrected chi connectivity index (χ1v) is 10.5. The summed E-state index contributed by atoms with van der Waals surface area (Å²) in [5.74, 6) is 0.0173. The van der Waals surface area contributed by atoms with E-state index in [4.69, 9.17) is 26.8 Å². The third-order valence-electron chi connectivity index (χ3n) is 5.28. The summed E-state index contributed by atoms with van der Waals surface area (Å²) in [6, 6.07) is 16.7. The minimum Gasteiger partial charge on any atom is -0.426 e. The van der Waals surface area contributed by atoms with Crippen LogP contribution in [0.3, 0.4) is 0 Å². The van der Waals surface area contributed by atoms with Crippen molar-refractivity contribution >= 4 is 34.4 Å². The molecule has 0 atom stereocenters. The van der Waals surface area contributed by atoms with Crippen molar-refractivity contribution in [2.75, 3.05) is 31.2 Å². The number of pyridine rings is 1. The summed E-state index contributed by atoms with van der Waals surface area (Å²) in [6.45, 7) is 3.24. The maximum Gasteiger partial charge on any atom is 0.301 e. The van der Waals surface area contributed by atoms with Crippen molar-refractivity contribution in [2.24, 2.45) is 5.73 Å². The van der Waals surface area contributed by atoms with Gasteiger partial charge in [0, 0.05) is 29.9 Å². The fraction of sp³-hybridized carbons (Fsp3) is 0.174. The van der Waals surface area contributed by atoms with E-state index in [1.807, 2.05) is 12.1 Å².